The number of aromatic nitrogens is 1. The molecule has 2 heterocycles. The Kier molecular flexibility index (Phi) is 7.44. The number of hydrogen-bond donors (Lipinski definition) is 1. The lowest BCUT2D eigenvalue weighted by atomic mass is 10.1. The number of ether oxygens (including phenoxy) is 2. The maximum absolute atomic E-state index is 13.6. The SMILES string of the molecule is COC(=O)c1c(CNC(=O)c2ccc(N3CCOCC3)cc2)c(=O)c2ccc(Cl)cc2n1-c1ccccc1. The quantitative estimate of drug-likeness (QED) is 0.375. The first kappa shape index (κ1) is 25.5. The maximum Gasteiger partial charge on any atom is 0.355 e. The molecule has 1 aliphatic heterocycles. The molecule has 0 saturated carbocycles. The highest BCUT2D eigenvalue weighted by Gasteiger charge is 2.25. The Balaban J connectivity index is 1.52. The van der Waals surface area contributed by atoms with Gasteiger partial charge < -0.3 is 24.3 Å². The van der Waals surface area contributed by atoms with Gasteiger partial charge in [0, 0.05) is 47.0 Å². The maximum atomic E-state index is 13.6. The molecule has 1 aliphatic rings. The van der Waals surface area contributed by atoms with Crippen molar-refractivity contribution in [1.82, 2.24) is 9.88 Å². The third kappa shape index (κ3) is 5.01. The minimum atomic E-state index is -0.702. The van der Waals surface area contributed by atoms with Crippen LogP contribution in [-0.4, -0.2) is 49.9 Å². The predicted octanol–water partition coefficient (Wildman–Crippen LogP) is 4.20. The van der Waals surface area contributed by atoms with E-state index in [9.17, 15) is 14.4 Å². The van der Waals surface area contributed by atoms with Crippen LogP contribution in [0.15, 0.2) is 77.6 Å². The summed E-state index contributed by atoms with van der Waals surface area (Å²) in [5, 5.41) is 3.59. The number of halogens is 1. The zero-order valence-corrected chi connectivity index (χ0v) is 21.5. The van der Waals surface area contributed by atoms with E-state index in [0.29, 0.717) is 40.4 Å². The fraction of sp³-hybridized carbons (Fsp3) is 0.207. The van der Waals surface area contributed by atoms with E-state index in [-0.39, 0.29) is 29.1 Å². The number of anilines is 1. The molecule has 0 atom stereocenters. The second-order valence-electron chi connectivity index (χ2n) is 8.81. The normalized spacial score (nSPS) is 13.4. The Morgan fingerprint density at radius 3 is 2.37 bits per heavy atom. The Labute approximate surface area is 224 Å². The molecule has 194 valence electrons. The second-order valence-corrected chi connectivity index (χ2v) is 9.25. The van der Waals surface area contributed by atoms with Crippen LogP contribution >= 0.6 is 11.6 Å². The summed E-state index contributed by atoms with van der Waals surface area (Å²) in [5.41, 5.74) is 2.33. The average Bonchev–Trinajstić information content (AvgIpc) is 2.96. The van der Waals surface area contributed by atoms with Gasteiger partial charge in [-0.2, -0.15) is 0 Å². The minimum Gasteiger partial charge on any atom is -0.464 e. The van der Waals surface area contributed by atoms with Gasteiger partial charge in [0.2, 0.25) is 0 Å². The third-order valence-electron chi connectivity index (χ3n) is 6.55. The molecule has 9 heteroatoms. The molecule has 3 aromatic carbocycles. The standard InChI is InChI=1S/C29H26ClN3O5/c1-37-29(36)26-24(18-31-28(35)19-7-10-21(11-8-19)32-13-15-38-16-14-32)27(34)23-12-9-20(30)17-25(23)33(26)22-5-3-2-4-6-22/h2-12,17H,13-16,18H2,1H3,(H,31,35). The largest absolute Gasteiger partial charge is 0.464 e. The number of nitrogens with one attached hydrogen (secondary N) is 1. The highest BCUT2D eigenvalue weighted by atomic mass is 35.5. The van der Waals surface area contributed by atoms with Crippen molar-refractivity contribution < 1.29 is 19.1 Å². The Bertz CT molecular complexity index is 1550. The summed E-state index contributed by atoms with van der Waals surface area (Å²) in [6.45, 7) is 2.76. The van der Waals surface area contributed by atoms with Crippen molar-refractivity contribution in [2.24, 2.45) is 0 Å². The second kappa shape index (κ2) is 11.1. The molecule has 0 aliphatic carbocycles. The van der Waals surface area contributed by atoms with Crippen molar-refractivity contribution in [2.75, 3.05) is 38.3 Å². The first-order valence-corrected chi connectivity index (χ1v) is 12.6. The molecule has 0 radical (unpaired) electrons. The van der Waals surface area contributed by atoms with Crippen LogP contribution in [0.5, 0.6) is 0 Å². The fourth-order valence-corrected chi connectivity index (χ4v) is 4.81. The number of carbonyl (C=O) groups is 2. The van der Waals surface area contributed by atoms with Gasteiger partial charge in [-0.05, 0) is 54.6 Å². The van der Waals surface area contributed by atoms with Gasteiger partial charge in [-0.1, -0.05) is 29.8 Å². The van der Waals surface area contributed by atoms with E-state index in [1.807, 2.05) is 42.5 Å². The summed E-state index contributed by atoms with van der Waals surface area (Å²) in [6.07, 6.45) is 0. The monoisotopic (exact) mass is 531 g/mol. The highest BCUT2D eigenvalue weighted by Crippen LogP contribution is 2.25. The Morgan fingerprint density at radius 1 is 0.974 bits per heavy atom. The van der Waals surface area contributed by atoms with Crippen molar-refractivity contribution in [2.45, 2.75) is 6.54 Å². The molecule has 5 rings (SSSR count). The molecule has 38 heavy (non-hydrogen) atoms. The number of methoxy groups -OCH3 is 1. The summed E-state index contributed by atoms with van der Waals surface area (Å²) in [5.74, 6) is -1.07. The topological polar surface area (TPSA) is 89.9 Å². The van der Waals surface area contributed by atoms with Gasteiger partial charge in [0.15, 0.2) is 5.43 Å². The van der Waals surface area contributed by atoms with Crippen molar-refractivity contribution >= 4 is 40.1 Å². The van der Waals surface area contributed by atoms with Gasteiger partial charge in [0.1, 0.15) is 5.69 Å². The van der Waals surface area contributed by atoms with Crippen molar-refractivity contribution in [3.63, 3.8) is 0 Å². The molecular formula is C29H26ClN3O5. The van der Waals surface area contributed by atoms with E-state index >= 15 is 0 Å². The molecular weight excluding hydrogens is 506 g/mol. The van der Waals surface area contributed by atoms with Gasteiger partial charge in [-0.25, -0.2) is 4.79 Å². The van der Waals surface area contributed by atoms with Crippen LogP contribution in [0.4, 0.5) is 5.69 Å². The first-order chi connectivity index (χ1) is 18.5. The van der Waals surface area contributed by atoms with Gasteiger partial charge in [0.25, 0.3) is 5.91 Å². The van der Waals surface area contributed by atoms with Crippen LogP contribution in [0.3, 0.4) is 0 Å². The molecule has 1 fully saturated rings. The number of esters is 1. The van der Waals surface area contributed by atoms with E-state index < -0.39 is 5.97 Å². The first-order valence-electron chi connectivity index (χ1n) is 12.2. The van der Waals surface area contributed by atoms with Gasteiger partial charge >= 0.3 is 5.97 Å². The van der Waals surface area contributed by atoms with Crippen LogP contribution in [-0.2, 0) is 16.0 Å². The number of para-hydroxylation sites is 1. The minimum absolute atomic E-state index is 0.0291. The summed E-state index contributed by atoms with van der Waals surface area (Å²) in [4.78, 5) is 41.9. The number of pyridine rings is 1. The molecule has 0 spiro atoms. The number of benzene rings is 3. The number of hydrogen-bond acceptors (Lipinski definition) is 6. The van der Waals surface area contributed by atoms with Crippen molar-refractivity contribution in [1.29, 1.82) is 0 Å². The fourth-order valence-electron chi connectivity index (χ4n) is 4.64. The number of amides is 1. The van der Waals surface area contributed by atoms with E-state index in [2.05, 4.69) is 10.2 Å². The highest BCUT2D eigenvalue weighted by molar-refractivity contribution is 6.31. The van der Waals surface area contributed by atoms with Crippen LogP contribution in [0.25, 0.3) is 16.6 Å². The zero-order chi connectivity index (χ0) is 26.6. The third-order valence-corrected chi connectivity index (χ3v) is 6.79. The van der Waals surface area contributed by atoms with Crippen LogP contribution < -0.4 is 15.6 Å². The van der Waals surface area contributed by atoms with Crippen molar-refractivity contribution in [3.05, 3.63) is 105 Å². The Hall–Kier alpha value is -4.14. The lowest BCUT2D eigenvalue weighted by molar-refractivity contribution is 0.0588. The Morgan fingerprint density at radius 2 is 1.68 bits per heavy atom. The number of rotatable bonds is 6. The molecule has 1 N–H and O–H groups in total. The summed E-state index contributed by atoms with van der Waals surface area (Å²) >= 11 is 6.27. The van der Waals surface area contributed by atoms with Gasteiger partial charge in [-0.3, -0.25) is 9.59 Å². The molecule has 0 bridgehead atoms. The number of fused-ring (bicyclic) bond motifs is 1. The lowest BCUT2D eigenvalue weighted by Crippen LogP contribution is -2.36. The van der Waals surface area contributed by atoms with Crippen LogP contribution in [0, 0.1) is 0 Å². The van der Waals surface area contributed by atoms with E-state index in [0.717, 1.165) is 18.8 Å². The zero-order valence-electron chi connectivity index (χ0n) is 20.8. The van der Waals surface area contributed by atoms with Gasteiger partial charge in [0.05, 0.1) is 31.4 Å². The van der Waals surface area contributed by atoms with Gasteiger partial charge in [-0.15, -0.1) is 0 Å². The molecule has 1 aromatic heterocycles. The molecule has 0 unspecified atom stereocenters. The van der Waals surface area contributed by atoms with E-state index in [4.69, 9.17) is 21.1 Å². The number of nitrogens with zero attached hydrogens (tertiary/aromatic N) is 2. The smallest absolute Gasteiger partial charge is 0.355 e. The summed E-state index contributed by atoms with van der Waals surface area (Å²) in [6, 6.07) is 21.3. The summed E-state index contributed by atoms with van der Waals surface area (Å²) in [7, 11) is 1.25. The molecule has 8 nitrogen and oxygen atoms in total. The van der Waals surface area contributed by atoms with Crippen LogP contribution in [0.2, 0.25) is 5.02 Å². The van der Waals surface area contributed by atoms with Crippen LogP contribution in [0.1, 0.15) is 26.4 Å². The molecule has 1 saturated heterocycles. The number of morpholine rings is 1. The molecule has 1 amide bonds. The predicted molar refractivity (Wildman–Crippen MR) is 147 cm³/mol. The average molecular weight is 532 g/mol. The van der Waals surface area contributed by atoms with E-state index in [1.165, 1.54) is 7.11 Å². The van der Waals surface area contributed by atoms with Crippen molar-refractivity contribution in [3.8, 4) is 5.69 Å². The summed E-state index contributed by atoms with van der Waals surface area (Å²) < 4.78 is 12.1. The molecule has 4 aromatic rings. The lowest BCUT2D eigenvalue weighted by Gasteiger charge is -2.28. The number of carbonyl (C=O) groups excluding carboxylic acids is 2. The van der Waals surface area contributed by atoms with E-state index in [1.54, 1.807) is 34.9 Å².